The first-order valence-corrected chi connectivity index (χ1v) is 9.85. The summed E-state index contributed by atoms with van der Waals surface area (Å²) in [5, 5.41) is 0. The third kappa shape index (κ3) is 5.20. The third-order valence-corrected chi connectivity index (χ3v) is 4.86. The summed E-state index contributed by atoms with van der Waals surface area (Å²) in [5.41, 5.74) is 0.862. The van der Waals surface area contributed by atoms with Crippen LogP contribution in [0.5, 0.6) is 17.4 Å². The molecule has 1 unspecified atom stereocenters. The molecule has 8 heteroatoms. The molecule has 2 heterocycles. The second-order valence-corrected chi connectivity index (χ2v) is 7.19. The van der Waals surface area contributed by atoms with Crippen LogP contribution in [0.25, 0.3) is 6.08 Å². The van der Waals surface area contributed by atoms with E-state index in [0.717, 1.165) is 18.4 Å². The van der Waals surface area contributed by atoms with E-state index < -0.39 is 0 Å². The molecule has 3 rings (SSSR count). The highest BCUT2D eigenvalue weighted by molar-refractivity contribution is 5.92. The van der Waals surface area contributed by atoms with Gasteiger partial charge in [0.25, 0.3) is 5.88 Å². The van der Waals surface area contributed by atoms with E-state index in [2.05, 4.69) is 9.97 Å². The first-order chi connectivity index (χ1) is 14.5. The molecule has 1 atom stereocenters. The van der Waals surface area contributed by atoms with E-state index in [4.69, 9.17) is 14.2 Å². The van der Waals surface area contributed by atoms with Crippen molar-refractivity contribution in [2.75, 3.05) is 46.3 Å². The molecule has 0 saturated carbocycles. The van der Waals surface area contributed by atoms with Crippen molar-refractivity contribution in [2.45, 2.75) is 18.9 Å². The molecular formula is C22H28N4O4. The second kappa shape index (κ2) is 9.96. The van der Waals surface area contributed by atoms with E-state index in [9.17, 15) is 4.79 Å². The Morgan fingerprint density at radius 3 is 2.67 bits per heavy atom. The Hall–Kier alpha value is -3.29. The van der Waals surface area contributed by atoms with Gasteiger partial charge in [-0.1, -0.05) is 6.07 Å². The quantitative estimate of drug-likeness (QED) is 0.647. The highest BCUT2D eigenvalue weighted by Crippen LogP contribution is 2.28. The first kappa shape index (κ1) is 21.4. The maximum absolute atomic E-state index is 12.7. The van der Waals surface area contributed by atoms with Crippen LogP contribution in [0.2, 0.25) is 0 Å². The fourth-order valence-electron chi connectivity index (χ4n) is 3.33. The molecule has 2 aromatic rings. The Kier molecular flexibility index (Phi) is 7.11. The van der Waals surface area contributed by atoms with Crippen LogP contribution in [0.4, 0.5) is 5.82 Å². The van der Waals surface area contributed by atoms with Gasteiger partial charge in [0, 0.05) is 39.1 Å². The summed E-state index contributed by atoms with van der Waals surface area (Å²) in [6.45, 7) is 1.22. The van der Waals surface area contributed by atoms with Crippen molar-refractivity contribution in [2.24, 2.45) is 0 Å². The molecule has 160 valence electrons. The summed E-state index contributed by atoms with van der Waals surface area (Å²) in [6.07, 6.45) is 8.23. The Bertz CT molecular complexity index is 900. The van der Waals surface area contributed by atoms with Gasteiger partial charge in [-0.05, 0) is 36.6 Å². The van der Waals surface area contributed by atoms with Crippen LogP contribution in [0.1, 0.15) is 18.4 Å². The topological polar surface area (TPSA) is 77.0 Å². The van der Waals surface area contributed by atoms with Gasteiger partial charge in [-0.25, -0.2) is 9.97 Å². The predicted octanol–water partition coefficient (Wildman–Crippen LogP) is 2.64. The molecular weight excluding hydrogens is 384 g/mol. The zero-order chi connectivity index (χ0) is 21.5. The minimum atomic E-state index is -0.118. The Balaban J connectivity index is 1.64. The third-order valence-electron chi connectivity index (χ3n) is 4.86. The average Bonchev–Trinajstić information content (AvgIpc) is 2.77. The predicted molar refractivity (Wildman–Crippen MR) is 115 cm³/mol. The number of carbonyl (C=O) groups excluding carboxylic acids is 1. The van der Waals surface area contributed by atoms with Crippen molar-refractivity contribution in [3.05, 3.63) is 42.2 Å². The number of likely N-dealkylation sites (tertiary alicyclic amines) is 1. The van der Waals surface area contributed by atoms with Crippen LogP contribution in [0.3, 0.4) is 0 Å². The van der Waals surface area contributed by atoms with Gasteiger partial charge in [0.05, 0.1) is 20.8 Å². The van der Waals surface area contributed by atoms with Crippen LogP contribution in [0, 0.1) is 0 Å². The molecule has 8 nitrogen and oxygen atoms in total. The molecule has 1 aliphatic rings. The second-order valence-electron chi connectivity index (χ2n) is 7.19. The SMILES string of the molecule is COc1ccc(/C=C/C(=O)N2CCCC(Oc3nccnc3N(C)C)C2)cc1OC. The summed E-state index contributed by atoms with van der Waals surface area (Å²) in [6, 6.07) is 5.53. The molecule has 1 amide bonds. The fourth-order valence-corrected chi connectivity index (χ4v) is 3.33. The molecule has 1 aromatic heterocycles. The molecule has 0 bridgehead atoms. The maximum Gasteiger partial charge on any atom is 0.257 e. The number of piperidine rings is 1. The monoisotopic (exact) mass is 412 g/mol. The van der Waals surface area contributed by atoms with E-state index in [1.807, 2.05) is 37.2 Å². The van der Waals surface area contributed by atoms with Gasteiger partial charge in [0.15, 0.2) is 17.3 Å². The number of amides is 1. The first-order valence-electron chi connectivity index (χ1n) is 9.85. The van der Waals surface area contributed by atoms with Gasteiger partial charge >= 0.3 is 0 Å². The maximum atomic E-state index is 12.7. The largest absolute Gasteiger partial charge is 0.493 e. The summed E-state index contributed by atoms with van der Waals surface area (Å²) in [5.74, 6) is 2.39. The molecule has 1 saturated heterocycles. The average molecular weight is 412 g/mol. The van der Waals surface area contributed by atoms with Crippen LogP contribution >= 0.6 is 0 Å². The standard InChI is InChI=1S/C22H28N4O4/c1-25(2)21-22(24-12-11-23-21)30-17-6-5-13-26(15-17)20(27)10-8-16-7-9-18(28-3)19(14-16)29-4/h7-12,14,17H,5-6,13,15H2,1-4H3/b10-8+. The molecule has 1 aromatic carbocycles. The number of nitrogens with zero attached hydrogens (tertiary/aromatic N) is 4. The lowest BCUT2D eigenvalue weighted by Crippen LogP contribution is -2.44. The van der Waals surface area contributed by atoms with Gasteiger partial charge in [0.1, 0.15) is 6.10 Å². The van der Waals surface area contributed by atoms with Gasteiger partial charge < -0.3 is 24.0 Å². The van der Waals surface area contributed by atoms with Crippen molar-refractivity contribution in [1.82, 2.24) is 14.9 Å². The van der Waals surface area contributed by atoms with Crippen molar-refractivity contribution in [3.63, 3.8) is 0 Å². The van der Waals surface area contributed by atoms with E-state index in [-0.39, 0.29) is 12.0 Å². The lowest BCUT2D eigenvalue weighted by molar-refractivity contribution is -0.128. The Labute approximate surface area is 177 Å². The molecule has 0 aliphatic carbocycles. The smallest absolute Gasteiger partial charge is 0.257 e. The summed E-state index contributed by atoms with van der Waals surface area (Å²) in [7, 11) is 6.97. The number of anilines is 1. The van der Waals surface area contributed by atoms with Crippen molar-refractivity contribution in [3.8, 4) is 17.4 Å². The number of benzene rings is 1. The highest BCUT2D eigenvalue weighted by atomic mass is 16.5. The zero-order valence-corrected chi connectivity index (χ0v) is 17.9. The Morgan fingerprint density at radius 1 is 1.17 bits per heavy atom. The number of aromatic nitrogens is 2. The van der Waals surface area contributed by atoms with E-state index in [0.29, 0.717) is 36.3 Å². The fraction of sp³-hybridized carbons (Fsp3) is 0.409. The number of hydrogen-bond acceptors (Lipinski definition) is 7. The molecule has 0 N–H and O–H groups in total. The lowest BCUT2D eigenvalue weighted by atomic mass is 10.1. The van der Waals surface area contributed by atoms with Crippen LogP contribution in [-0.2, 0) is 4.79 Å². The minimum absolute atomic E-state index is 0.0509. The number of methoxy groups -OCH3 is 2. The van der Waals surface area contributed by atoms with Gasteiger partial charge in [-0.15, -0.1) is 0 Å². The number of ether oxygens (including phenoxy) is 3. The Morgan fingerprint density at radius 2 is 1.93 bits per heavy atom. The highest BCUT2D eigenvalue weighted by Gasteiger charge is 2.25. The van der Waals surface area contributed by atoms with Gasteiger partial charge in [0.2, 0.25) is 5.91 Å². The number of carbonyl (C=O) groups is 1. The van der Waals surface area contributed by atoms with Crippen LogP contribution in [-0.4, -0.2) is 68.3 Å². The number of hydrogen-bond donors (Lipinski definition) is 0. The normalized spacial score (nSPS) is 16.4. The van der Waals surface area contributed by atoms with Crippen molar-refractivity contribution in [1.29, 1.82) is 0 Å². The van der Waals surface area contributed by atoms with E-state index in [1.54, 1.807) is 43.7 Å². The van der Waals surface area contributed by atoms with E-state index in [1.165, 1.54) is 0 Å². The molecule has 30 heavy (non-hydrogen) atoms. The van der Waals surface area contributed by atoms with Crippen LogP contribution in [0.15, 0.2) is 36.7 Å². The summed E-state index contributed by atoms with van der Waals surface area (Å²) >= 11 is 0. The molecule has 1 aliphatic heterocycles. The van der Waals surface area contributed by atoms with E-state index >= 15 is 0 Å². The lowest BCUT2D eigenvalue weighted by Gasteiger charge is -2.32. The minimum Gasteiger partial charge on any atom is -0.493 e. The number of rotatable bonds is 7. The van der Waals surface area contributed by atoms with Gasteiger partial charge in [-0.2, -0.15) is 0 Å². The van der Waals surface area contributed by atoms with Crippen LogP contribution < -0.4 is 19.1 Å². The molecule has 0 spiro atoms. The van der Waals surface area contributed by atoms with Crippen molar-refractivity contribution >= 4 is 17.8 Å². The molecule has 1 fully saturated rings. The summed E-state index contributed by atoms with van der Waals surface area (Å²) < 4.78 is 16.6. The van der Waals surface area contributed by atoms with Gasteiger partial charge in [-0.3, -0.25) is 4.79 Å². The summed E-state index contributed by atoms with van der Waals surface area (Å²) in [4.78, 5) is 25.0. The molecule has 0 radical (unpaired) electrons. The van der Waals surface area contributed by atoms with Crippen molar-refractivity contribution < 1.29 is 19.0 Å². The zero-order valence-electron chi connectivity index (χ0n) is 17.9.